The van der Waals surface area contributed by atoms with Crippen molar-refractivity contribution in [2.75, 3.05) is 12.5 Å². The van der Waals surface area contributed by atoms with E-state index in [1.165, 1.54) is 0 Å². The molecule has 1 heterocycles. The molecule has 6 nitrogen and oxygen atoms in total. The summed E-state index contributed by atoms with van der Waals surface area (Å²) in [6.45, 7) is 2.49. The maximum Gasteiger partial charge on any atom is 0.164 e. The van der Waals surface area contributed by atoms with Gasteiger partial charge in [0.05, 0.1) is 12.8 Å². The zero-order valence-corrected chi connectivity index (χ0v) is 18.5. The molecule has 0 radical (unpaired) electrons. The molecule has 0 atom stereocenters. The minimum Gasteiger partial charge on any atom is -0.489 e. The monoisotopic (exact) mass is 454 g/mol. The van der Waals surface area contributed by atoms with Gasteiger partial charge in [-0.05, 0) is 42.8 Å². The standard InChI is InChI=1S/C23H20Cl2N4O2/c1-15-8-18(13-30-2)21(11-26)23(28-15)29-27-12-16-4-3-5-20(9-16)31-14-17-6-7-19(24)10-22(17)25/h3-10,12H,13-14H2,1-2H3,(H,28,29)/b27-12-. The summed E-state index contributed by atoms with van der Waals surface area (Å²) < 4.78 is 11.0. The van der Waals surface area contributed by atoms with Crippen LogP contribution in [0.4, 0.5) is 5.82 Å². The summed E-state index contributed by atoms with van der Waals surface area (Å²) in [7, 11) is 1.58. The van der Waals surface area contributed by atoms with E-state index in [-0.39, 0.29) is 0 Å². The van der Waals surface area contributed by atoms with Gasteiger partial charge in [-0.15, -0.1) is 0 Å². The molecule has 0 saturated carbocycles. The molecule has 0 fully saturated rings. The Morgan fingerprint density at radius 2 is 1.97 bits per heavy atom. The van der Waals surface area contributed by atoms with Crippen LogP contribution in [0.5, 0.6) is 5.75 Å². The molecule has 1 aromatic heterocycles. The summed E-state index contributed by atoms with van der Waals surface area (Å²) >= 11 is 12.1. The number of benzene rings is 2. The van der Waals surface area contributed by atoms with Crippen molar-refractivity contribution < 1.29 is 9.47 Å². The predicted octanol–water partition coefficient (Wildman–Crippen LogP) is 5.74. The van der Waals surface area contributed by atoms with E-state index >= 15 is 0 Å². The third kappa shape index (κ3) is 6.19. The lowest BCUT2D eigenvalue weighted by atomic mass is 10.1. The first kappa shape index (κ1) is 22.6. The molecule has 0 amide bonds. The molecule has 0 aliphatic carbocycles. The van der Waals surface area contributed by atoms with E-state index in [2.05, 4.69) is 21.6 Å². The van der Waals surface area contributed by atoms with Gasteiger partial charge in [0.25, 0.3) is 0 Å². The van der Waals surface area contributed by atoms with E-state index in [9.17, 15) is 5.26 Å². The number of anilines is 1. The Labute approximate surface area is 191 Å². The Bertz CT molecular complexity index is 1140. The minimum atomic E-state index is 0.315. The molecule has 2 aromatic carbocycles. The van der Waals surface area contributed by atoms with Crippen molar-refractivity contribution >= 4 is 35.2 Å². The molecule has 0 aliphatic rings. The normalized spacial score (nSPS) is 10.8. The van der Waals surface area contributed by atoms with Gasteiger partial charge in [-0.25, -0.2) is 4.98 Å². The Balaban J connectivity index is 1.69. The number of hydrogen-bond donors (Lipinski definition) is 1. The molecule has 8 heteroatoms. The number of hydrazone groups is 1. The van der Waals surface area contributed by atoms with Crippen molar-refractivity contribution in [3.05, 3.63) is 86.5 Å². The van der Waals surface area contributed by atoms with E-state index in [4.69, 9.17) is 32.7 Å². The van der Waals surface area contributed by atoms with Gasteiger partial charge in [-0.3, -0.25) is 5.43 Å². The first-order valence-corrected chi connectivity index (χ1v) is 10.1. The second-order valence-electron chi connectivity index (χ2n) is 6.66. The molecule has 1 N–H and O–H groups in total. The van der Waals surface area contributed by atoms with Crippen molar-refractivity contribution in [2.45, 2.75) is 20.1 Å². The number of halogens is 2. The van der Waals surface area contributed by atoms with Gasteiger partial charge < -0.3 is 9.47 Å². The number of aryl methyl sites for hydroxylation is 1. The maximum atomic E-state index is 9.49. The van der Waals surface area contributed by atoms with Gasteiger partial charge in [-0.1, -0.05) is 41.4 Å². The lowest BCUT2D eigenvalue weighted by molar-refractivity contribution is 0.184. The largest absolute Gasteiger partial charge is 0.489 e. The Morgan fingerprint density at radius 1 is 1.13 bits per heavy atom. The van der Waals surface area contributed by atoms with Crippen molar-refractivity contribution in [3.8, 4) is 11.8 Å². The molecule has 31 heavy (non-hydrogen) atoms. The van der Waals surface area contributed by atoms with E-state index < -0.39 is 0 Å². The summed E-state index contributed by atoms with van der Waals surface area (Å²) in [6, 6.07) is 16.7. The summed E-state index contributed by atoms with van der Waals surface area (Å²) in [4.78, 5) is 4.36. The van der Waals surface area contributed by atoms with E-state index in [0.717, 1.165) is 22.4 Å². The van der Waals surface area contributed by atoms with Crippen LogP contribution in [0.1, 0.15) is 27.9 Å². The average Bonchev–Trinajstić information content (AvgIpc) is 2.73. The molecule has 0 bridgehead atoms. The Hall–Kier alpha value is -3.11. The number of nitrogens with one attached hydrogen (secondary N) is 1. The zero-order chi connectivity index (χ0) is 22.2. The molecular weight excluding hydrogens is 435 g/mol. The van der Waals surface area contributed by atoms with Gasteiger partial charge in [-0.2, -0.15) is 10.4 Å². The van der Waals surface area contributed by atoms with Gasteiger partial charge in [0.1, 0.15) is 24.0 Å². The molecule has 3 aromatic rings. The van der Waals surface area contributed by atoms with Gasteiger partial charge >= 0.3 is 0 Å². The number of aromatic nitrogens is 1. The predicted molar refractivity (Wildman–Crippen MR) is 123 cm³/mol. The summed E-state index contributed by atoms with van der Waals surface area (Å²) in [5.74, 6) is 1.05. The van der Waals surface area contributed by atoms with Crippen LogP contribution in [0.15, 0.2) is 53.6 Å². The SMILES string of the molecule is COCc1cc(C)nc(N/N=C\c2cccc(OCc3ccc(Cl)cc3Cl)c2)c1C#N. The fourth-order valence-corrected chi connectivity index (χ4v) is 3.33. The van der Waals surface area contributed by atoms with Crippen molar-refractivity contribution in [3.63, 3.8) is 0 Å². The second kappa shape index (κ2) is 10.8. The number of pyridine rings is 1. The van der Waals surface area contributed by atoms with E-state index in [1.54, 1.807) is 25.5 Å². The summed E-state index contributed by atoms with van der Waals surface area (Å²) in [5, 5.41) is 14.8. The van der Waals surface area contributed by atoms with Crippen LogP contribution >= 0.6 is 23.2 Å². The Morgan fingerprint density at radius 3 is 2.71 bits per heavy atom. The first-order valence-electron chi connectivity index (χ1n) is 9.35. The molecule has 0 aliphatic heterocycles. The summed E-state index contributed by atoms with van der Waals surface area (Å²) in [6.07, 6.45) is 1.63. The van der Waals surface area contributed by atoms with Crippen molar-refractivity contribution in [1.82, 2.24) is 4.98 Å². The van der Waals surface area contributed by atoms with Crippen LogP contribution in [0.2, 0.25) is 10.0 Å². The van der Waals surface area contributed by atoms with Gasteiger partial charge in [0.15, 0.2) is 5.82 Å². The highest BCUT2D eigenvalue weighted by Crippen LogP contribution is 2.23. The lowest BCUT2D eigenvalue weighted by Crippen LogP contribution is -2.03. The zero-order valence-electron chi connectivity index (χ0n) is 17.0. The van der Waals surface area contributed by atoms with Crippen LogP contribution in [-0.4, -0.2) is 18.3 Å². The Kier molecular flexibility index (Phi) is 7.85. The molecular formula is C23H20Cl2N4O2. The quantitative estimate of drug-likeness (QED) is 0.346. The highest BCUT2D eigenvalue weighted by Gasteiger charge is 2.11. The van der Waals surface area contributed by atoms with Crippen LogP contribution < -0.4 is 10.2 Å². The number of methoxy groups -OCH3 is 1. The fraction of sp³-hybridized carbons (Fsp3) is 0.174. The number of rotatable bonds is 8. The molecule has 0 unspecified atom stereocenters. The van der Waals surface area contributed by atoms with Gasteiger partial charge in [0, 0.05) is 34.0 Å². The third-order valence-corrected chi connectivity index (χ3v) is 4.88. The maximum absolute atomic E-state index is 9.49. The molecule has 3 rings (SSSR count). The highest BCUT2D eigenvalue weighted by molar-refractivity contribution is 6.35. The minimum absolute atomic E-state index is 0.315. The summed E-state index contributed by atoms with van der Waals surface area (Å²) in [5.41, 5.74) is 6.43. The second-order valence-corrected chi connectivity index (χ2v) is 7.50. The smallest absolute Gasteiger partial charge is 0.164 e. The number of ether oxygens (including phenoxy) is 2. The lowest BCUT2D eigenvalue weighted by Gasteiger charge is -2.09. The molecule has 0 saturated heterocycles. The number of nitrogens with zero attached hydrogens (tertiary/aromatic N) is 3. The number of hydrogen-bond acceptors (Lipinski definition) is 6. The van der Waals surface area contributed by atoms with Crippen LogP contribution in [-0.2, 0) is 18.0 Å². The first-order chi connectivity index (χ1) is 15.0. The van der Waals surface area contributed by atoms with E-state index in [0.29, 0.717) is 40.4 Å². The third-order valence-electron chi connectivity index (χ3n) is 4.29. The number of nitriles is 1. The van der Waals surface area contributed by atoms with Gasteiger partial charge in [0.2, 0.25) is 0 Å². The van der Waals surface area contributed by atoms with Crippen LogP contribution in [0.25, 0.3) is 0 Å². The topological polar surface area (TPSA) is 79.5 Å². The van der Waals surface area contributed by atoms with Crippen molar-refractivity contribution in [2.24, 2.45) is 5.10 Å². The highest BCUT2D eigenvalue weighted by atomic mass is 35.5. The van der Waals surface area contributed by atoms with Crippen molar-refractivity contribution in [1.29, 1.82) is 5.26 Å². The fourth-order valence-electron chi connectivity index (χ4n) is 2.87. The van der Waals surface area contributed by atoms with E-state index in [1.807, 2.05) is 43.3 Å². The van der Waals surface area contributed by atoms with Crippen LogP contribution in [0.3, 0.4) is 0 Å². The van der Waals surface area contributed by atoms with Crippen LogP contribution in [0, 0.1) is 18.3 Å². The average molecular weight is 455 g/mol. The molecule has 158 valence electrons. The molecule has 0 spiro atoms.